The van der Waals surface area contributed by atoms with Gasteiger partial charge in [-0.05, 0) is 125 Å². The molecule has 1 saturated carbocycles. The maximum absolute atomic E-state index is 2.61. The van der Waals surface area contributed by atoms with Crippen LogP contribution in [-0.4, -0.2) is 0 Å². The lowest BCUT2D eigenvalue weighted by Crippen LogP contribution is -2.34. The molecule has 0 aliphatic heterocycles. The summed E-state index contributed by atoms with van der Waals surface area (Å²) in [4.78, 5) is 0. The van der Waals surface area contributed by atoms with E-state index >= 15 is 0 Å². The van der Waals surface area contributed by atoms with Gasteiger partial charge < -0.3 is 0 Å². The molecule has 0 heterocycles. The number of rotatable bonds is 5. The van der Waals surface area contributed by atoms with Gasteiger partial charge in [-0.25, -0.2) is 0 Å². The molecule has 0 radical (unpaired) electrons. The predicted octanol–water partition coefficient (Wildman–Crippen LogP) is 10.3. The Hall–Kier alpha value is -2.60. The molecule has 0 heteroatoms. The number of hydrogen-bond donors (Lipinski definition) is 0. The van der Waals surface area contributed by atoms with Crippen molar-refractivity contribution in [3.8, 4) is 0 Å². The number of allylic oxidation sites excluding steroid dienone is 8. The smallest absolute Gasteiger partial charge is 0.0100 e. The third kappa shape index (κ3) is 4.59. The zero-order valence-electron chi connectivity index (χ0n) is 24.7. The first-order chi connectivity index (χ1) is 18.0. The molecule has 0 bridgehead atoms. The van der Waals surface area contributed by atoms with Crippen LogP contribution in [0.1, 0.15) is 107 Å². The molecule has 0 N–H and O–H groups in total. The largest absolute Gasteiger partial charge is 0.0808 e. The molecule has 198 valence electrons. The summed E-state index contributed by atoms with van der Waals surface area (Å²) in [5.74, 6) is 2.16. The molecule has 0 amide bonds. The second-order valence-corrected chi connectivity index (χ2v) is 14.2. The molecule has 3 atom stereocenters. The van der Waals surface area contributed by atoms with Gasteiger partial charge in [0, 0.05) is 0 Å². The van der Waals surface area contributed by atoms with Crippen molar-refractivity contribution in [3.05, 3.63) is 105 Å². The number of hydrogen-bond acceptors (Lipinski definition) is 0. The van der Waals surface area contributed by atoms with E-state index < -0.39 is 0 Å². The first-order valence-electron chi connectivity index (χ1n) is 15.1. The lowest BCUT2D eigenvalue weighted by molar-refractivity contribution is 0.331. The van der Waals surface area contributed by atoms with Crippen molar-refractivity contribution in [1.29, 1.82) is 0 Å². The van der Waals surface area contributed by atoms with Crippen molar-refractivity contribution in [2.45, 2.75) is 97.8 Å². The molecule has 4 aliphatic carbocycles. The van der Waals surface area contributed by atoms with E-state index in [0.29, 0.717) is 5.92 Å². The first kappa shape index (κ1) is 25.7. The zero-order chi connectivity index (χ0) is 26.8. The standard InChI is InChI=1S/C38H46/c1-24-11-13-27(14-12-24)34(20-25(2)19-28-9-8-10-29-21-33(28)29)31-16-15-30-22-35-36(23-32(30)26(31)3)38(6,7)18-17-37(35,4)5/h8-14,20,22-23,25,29,33H,15-19,21H2,1-7H3/b34-20-/t25-,29?,33?/m0/s1. The van der Waals surface area contributed by atoms with Crippen molar-refractivity contribution in [3.63, 3.8) is 0 Å². The minimum atomic E-state index is 0.241. The maximum atomic E-state index is 2.61. The fraction of sp³-hybridized carbons (Fsp3) is 0.474. The summed E-state index contributed by atoms with van der Waals surface area (Å²) >= 11 is 0. The second-order valence-electron chi connectivity index (χ2n) is 14.2. The molecule has 38 heavy (non-hydrogen) atoms. The van der Waals surface area contributed by atoms with E-state index in [-0.39, 0.29) is 10.8 Å². The third-order valence-electron chi connectivity index (χ3n) is 10.3. The second kappa shape index (κ2) is 9.25. The van der Waals surface area contributed by atoms with E-state index in [0.717, 1.165) is 24.7 Å². The van der Waals surface area contributed by atoms with Crippen molar-refractivity contribution in [1.82, 2.24) is 0 Å². The molecule has 1 fully saturated rings. The summed E-state index contributed by atoms with van der Waals surface area (Å²) < 4.78 is 0. The Labute approximate surface area is 231 Å². The Balaban J connectivity index is 1.43. The van der Waals surface area contributed by atoms with E-state index in [2.05, 4.69) is 109 Å². The van der Waals surface area contributed by atoms with Crippen LogP contribution in [-0.2, 0) is 17.3 Å². The zero-order valence-corrected chi connectivity index (χ0v) is 24.7. The molecule has 0 saturated heterocycles. The van der Waals surface area contributed by atoms with Crippen LogP contribution in [0, 0.1) is 24.7 Å². The summed E-state index contributed by atoms with van der Waals surface area (Å²) in [5.41, 5.74) is 15.6. The van der Waals surface area contributed by atoms with Crippen LogP contribution < -0.4 is 0 Å². The molecule has 2 unspecified atom stereocenters. The number of aryl methyl sites for hydroxylation is 2. The quantitative estimate of drug-likeness (QED) is 0.381. The summed E-state index contributed by atoms with van der Waals surface area (Å²) in [7, 11) is 0. The van der Waals surface area contributed by atoms with Gasteiger partial charge in [0.2, 0.25) is 0 Å². The van der Waals surface area contributed by atoms with E-state index in [1.54, 1.807) is 27.8 Å². The summed E-state index contributed by atoms with van der Waals surface area (Å²) in [6.45, 7) is 16.8. The van der Waals surface area contributed by atoms with E-state index in [4.69, 9.17) is 0 Å². The van der Waals surface area contributed by atoms with Gasteiger partial charge in [0.25, 0.3) is 0 Å². The van der Waals surface area contributed by atoms with Crippen molar-refractivity contribution in [2.24, 2.45) is 17.8 Å². The van der Waals surface area contributed by atoms with Crippen LogP contribution in [0.25, 0.3) is 11.1 Å². The highest BCUT2D eigenvalue weighted by atomic mass is 14.4. The monoisotopic (exact) mass is 502 g/mol. The van der Waals surface area contributed by atoms with Gasteiger partial charge in [-0.1, -0.05) is 106 Å². The fourth-order valence-corrected chi connectivity index (χ4v) is 7.50. The molecule has 0 aromatic heterocycles. The Morgan fingerprint density at radius 2 is 1.63 bits per heavy atom. The Morgan fingerprint density at radius 1 is 0.947 bits per heavy atom. The Bertz CT molecular complexity index is 1380. The minimum Gasteiger partial charge on any atom is -0.0808 e. The van der Waals surface area contributed by atoms with Crippen LogP contribution >= 0.6 is 0 Å². The van der Waals surface area contributed by atoms with Crippen LogP contribution in [0.2, 0.25) is 0 Å². The molecule has 6 rings (SSSR count). The van der Waals surface area contributed by atoms with Crippen molar-refractivity contribution >= 4 is 11.1 Å². The molecule has 4 aliphatic rings. The summed E-state index contributed by atoms with van der Waals surface area (Å²) in [6.07, 6.45) is 17.1. The van der Waals surface area contributed by atoms with Gasteiger partial charge in [0.15, 0.2) is 0 Å². The molecule has 0 nitrogen and oxygen atoms in total. The molecular weight excluding hydrogens is 456 g/mol. The molecule has 2 aromatic rings. The first-order valence-corrected chi connectivity index (χ1v) is 15.1. The lowest BCUT2D eigenvalue weighted by atomic mass is 9.62. The minimum absolute atomic E-state index is 0.241. The lowest BCUT2D eigenvalue weighted by Gasteiger charge is -2.43. The van der Waals surface area contributed by atoms with Gasteiger partial charge in [-0.3, -0.25) is 0 Å². The van der Waals surface area contributed by atoms with Gasteiger partial charge in [0.05, 0.1) is 0 Å². The highest BCUT2D eigenvalue weighted by molar-refractivity contribution is 5.91. The number of fused-ring (bicyclic) bond motifs is 3. The van der Waals surface area contributed by atoms with Gasteiger partial charge in [0.1, 0.15) is 0 Å². The average molecular weight is 503 g/mol. The van der Waals surface area contributed by atoms with Gasteiger partial charge in [-0.15, -0.1) is 0 Å². The summed E-state index contributed by atoms with van der Waals surface area (Å²) in [5, 5.41) is 0. The Morgan fingerprint density at radius 3 is 2.34 bits per heavy atom. The molecule has 2 aromatic carbocycles. The summed E-state index contributed by atoms with van der Waals surface area (Å²) in [6, 6.07) is 14.5. The van der Waals surface area contributed by atoms with Crippen LogP contribution in [0.3, 0.4) is 0 Å². The van der Waals surface area contributed by atoms with Gasteiger partial charge >= 0.3 is 0 Å². The van der Waals surface area contributed by atoms with Crippen LogP contribution in [0.5, 0.6) is 0 Å². The molecule has 0 spiro atoms. The van der Waals surface area contributed by atoms with Crippen molar-refractivity contribution in [2.75, 3.05) is 0 Å². The van der Waals surface area contributed by atoms with E-state index in [9.17, 15) is 0 Å². The fourth-order valence-electron chi connectivity index (χ4n) is 7.50. The maximum Gasteiger partial charge on any atom is -0.0100 e. The normalized spacial score (nSPS) is 25.8. The number of benzene rings is 2. The van der Waals surface area contributed by atoms with Gasteiger partial charge in [-0.2, -0.15) is 0 Å². The van der Waals surface area contributed by atoms with Crippen molar-refractivity contribution < 1.29 is 0 Å². The highest BCUT2D eigenvalue weighted by Gasteiger charge is 2.40. The average Bonchev–Trinajstić information content (AvgIpc) is 3.67. The molecular formula is C38H46. The topological polar surface area (TPSA) is 0 Å². The Kier molecular flexibility index (Phi) is 6.25. The van der Waals surface area contributed by atoms with E-state index in [1.807, 2.05) is 0 Å². The third-order valence-corrected chi connectivity index (χ3v) is 10.3. The highest BCUT2D eigenvalue weighted by Crippen LogP contribution is 2.51. The SMILES string of the molecule is CC1=C(/C(=C\[C@@H](C)CC2=CC=CC3CC23)c2ccc(C)cc2)CCc2cc3c(cc21)C(C)(C)CCC3(C)C. The van der Waals surface area contributed by atoms with E-state index in [1.165, 1.54) is 53.5 Å². The van der Waals surface area contributed by atoms with Crippen LogP contribution in [0.4, 0.5) is 0 Å². The predicted molar refractivity (Wildman–Crippen MR) is 164 cm³/mol. The van der Waals surface area contributed by atoms with Crippen LogP contribution in [0.15, 0.2) is 71.8 Å².